The number of rotatable bonds is 5. The Morgan fingerprint density at radius 3 is 2.74 bits per heavy atom. The van der Waals surface area contributed by atoms with Gasteiger partial charge in [-0.1, -0.05) is 24.3 Å². The number of amides is 1. The van der Waals surface area contributed by atoms with E-state index in [2.05, 4.69) is 46.7 Å². The lowest BCUT2D eigenvalue weighted by Crippen LogP contribution is -2.48. The summed E-state index contributed by atoms with van der Waals surface area (Å²) in [7, 11) is 0. The average Bonchev–Trinajstić information content (AvgIpc) is 3.33. The van der Waals surface area contributed by atoms with Crippen LogP contribution in [0.4, 0.5) is 0 Å². The van der Waals surface area contributed by atoms with Gasteiger partial charge in [-0.2, -0.15) is 10.2 Å². The van der Waals surface area contributed by atoms with E-state index in [0.717, 1.165) is 39.9 Å². The van der Waals surface area contributed by atoms with Crippen LogP contribution in [-0.4, -0.2) is 53.2 Å². The number of aliphatic hydroxyl groups excluding tert-OH is 1. The standard InChI is InChI=1S/C27H29N3O4/c1-16-11-21(14-28-30-16)19-5-3-18(4-6-19)12-20-13-23(26-22(17(20)2)7-10-34-26)27(32)29-24-8-9-33-15-25(24)31/h3-6,11,13-14,24-25,31H,7-10,12,15H2,1-2H3,(H,29,32)/t24-,25-/m0/s1. The van der Waals surface area contributed by atoms with Gasteiger partial charge in [0.2, 0.25) is 0 Å². The molecule has 1 saturated heterocycles. The molecule has 1 aromatic heterocycles. The molecule has 34 heavy (non-hydrogen) atoms. The van der Waals surface area contributed by atoms with Crippen molar-refractivity contribution in [2.75, 3.05) is 19.8 Å². The number of ether oxygens (including phenoxy) is 2. The van der Waals surface area contributed by atoms with Gasteiger partial charge < -0.3 is 19.9 Å². The zero-order valence-corrected chi connectivity index (χ0v) is 19.5. The van der Waals surface area contributed by atoms with Crippen molar-refractivity contribution in [3.63, 3.8) is 0 Å². The number of aromatic nitrogens is 2. The van der Waals surface area contributed by atoms with E-state index in [1.165, 1.54) is 5.56 Å². The molecule has 1 amide bonds. The van der Waals surface area contributed by atoms with E-state index in [4.69, 9.17) is 9.47 Å². The molecule has 0 bridgehead atoms. The summed E-state index contributed by atoms with van der Waals surface area (Å²) < 4.78 is 11.2. The molecular formula is C27H29N3O4. The van der Waals surface area contributed by atoms with Gasteiger partial charge in [0.05, 0.1) is 42.8 Å². The first-order valence-corrected chi connectivity index (χ1v) is 11.7. The van der Waals surface area contributed by atoms with Crippen molar-refractivity contribution in [1.82, 2.24) is 15.5 Å². The summed E-state index contributed by atoms with van der Waals surface area (Å²) in [5.74, 6) is 0.470. The number of carbonyl (C=O) groups excluding carboxylic acids is 1. The molecule has 2 aromatic carbocycles. The lowest BCUT2D eigenvalue weighted by atomic mass is 9.91. The third-order valence-corrected chi connectivity index (χ3v) is 6.72. The minimum atomic E-state index is -0.700. The molecule has 176 valence electrons. The number of nitrogens with zero attached hydrogens (tertiary/aromatic N) is 2. The van der Waals surface area contributed by atoms with Crippen molar-refractivity contribution in [2.45, 2.75) is 45.3 Å². The van der Waals surface area contributed by atoms with E-state index in [9.17, 15) is 9.90 Å². The van der Waals surface area contributed by atoms with Crippen molar-refractivity contribution in [3.05, 3.63) is 76.1 Å². The summed E-state index contributed by atoms with van der Waals surface area (Å²) >= 11 is 0. The fourth-order valence-electron chi connectivity index (χ4n) is 4.75. The fraction of sp³-hybridized carbons (Fsp3) is 0.370. The summed E-state index contributed by atoms with van der Waals surface area (Å²) in [5.41, 5.74) is 8.11. The van der Waals surface area contributed by atoms with Gasteiger partial charge in [-0.15, -0.1) is 0 Å². The van der Waals surface area contributed by atoms with Crippen molar-refractivity contribution in [3.8, 4) is 16.9 Å². The average molecular weight is 460 g/mol. The van der Waals surface area contributed by atoms with Gasteiger partial charge in [0.1, 0.15) is 5.75 Å². The molecule has 2 atom stereocenters. The Bertz CT molecular complexity index is 1210. The Morgan fingerprint density at radius 2 is 1.97 bits per heavy atom. The molecule has 7 heteroatoms. The van der Waals surface area contributed by atoms with E-state index in [0.29, 0.717) is 37.4 Å². The molecule has 0 unspecified atom stereocenters. The van der Waals surface area contributed by atoms with Gasteiger partial charge in [-0.25, -0.2) is 0 Å². The summed E-state index contributed by atoms with van der Waals surface area (Å²) in [6.45, 7) is 5.38. The molecule has 5 rings (SSSR count). The molecule has 2 aliphatic rings. The minimum Gasteiger partial charge on any atom is -0.492 e. The van der Waals surface area contributed by atoms with Crippen LogP contribution in [0.15, 0.2) is 42.6 Å². The molecular weight excluding hydrogens is 430 g/mol. The van der Waals surface area contributed by atoms with E-state index >= 15 is 0 Å². The van der Waals surface area contributed by atoms with Crippen molar-refractivity contribution in [1.29, 1.82) is 0 Å². The van der Waals surface area contributed by atoms with Gasteiger partial charge >= 0.3 is 0 Å². The van der Waals surface area contributed by atoms with E-state index in [-0.39, 0.29) is 18.6 Å². The number of fused-ring (bicyclic) bond motifs is 1. The number of carbonyl (C=O) groups is 1. The first-order valence-electron chi connectivity index (χ1n) is 11.7. The maximum absolute atomic E-state index is 13.2. The van der Waals surface area contributed by atoms with Gasteiger partial charge in [0.25, 0.3) is 5.91 Å². The first kappa shape index (κ1) is 22.5. The second-order valence-electron chi connectivity index (χ2n) is 9.08. The number of aryl methyl sites for hydroxylation is 1. The van der Waals surface area contributed by atoms with Crippen LogP contribution >= 0.6 is 0 Å². The Labute approximate surface area is 199 Å². The third kappa shape index (κ3) is 4.54. The predicted octanol–water partition coefficient (Wildman–Crippen LogP) is 3.17. The van der Waals surface area contributed by atoms with Crippen LogP contribution in [0.5, 0.6) is 5.75 Å². The second-order valence-corrected chi connectivity index (χ2v) is 9.08. The molecule has 0 spiro atoms. The van der Waals surface area contributed by atoms with Crippen LogP contribution < -0.4 is 10.1 Å². The largest absolute Gasteiger partial charge is 0.492 e. The number of aliphatic hydroxyl groups is 1. The van der Waals surface area contributed by atoms with Crippen LogP contribution in [0, 0.1) is 13.8 Å². The second kappa shape index (κ2) is 9.52. The normalized spacial score (nSPS) is 19.4. The van der Waals surface area contributed by atoms with Crippen LogP contribution in [0.25, 0.3) is 11.1 Å². The highest BCUT2D eigenvalue weighted by molar-refractivity contribution is 5.98. The molecule has 3 aromatic rings. The Kier molecular flexibility index (Phi) is 6.30. The summed E-state index contributed by atoms with van der Waals surface area (Å²) in [6, 6.07) is 12.1. The smallest absolute Gasteiger partial charge is 0.255 e. The van der Waals surface area contributed by atoms with Crippen LogP contribution in [0.3, 0.4) is 0 Å². The van der Waals surface area contributed by atoms with Crippen LogP contribution in [0.1, 0.15) is 44.7 Å². The third-order valence-electron chi connectivity index (χ3n) is 6.72. The maximum atomic E-state index is 13.2. The lowest BCUT2D eigenvalue weighted by molar-refractivity contribution is -0.0261. The monoisotopic (exact) mass is 459 g/mol. The maximum Gasteiger partial charge on any atom is 0.255 e. The van der Waals surface area contributed by atoms with Crippen LogP contribution in [-0.2, 0) is 17.6 Å². The molecule has 2 aliphatic heterocycles. The molecule has 3 heterocycles. The SMILES string of the molecule is Cc1cc(-c2ccc(Cc3cc(C(=O)N[C@H]4CCOC[C@@H]4O)c4c(c3C)CCO4)cc2)cnn1. The van der Waals surface area contributed by atoms with Gasteiger partial charge in [0, 0.05) is 24.2 Å². The Morgan fingerprint density at radius 1 is 1.15 bits per heavy atom. The summed E-state index contributed by atoms with van der Waals surface area (Å²) in [5, 5.41) is 21.3. The molecule has 7 nitrogen and oxygen atoms in total. The highest BCUT2D eigenvalue weighted by Gasteiger charge is 2.29. The lowest BCUT2D eigenvalue weighted by Gasteiger charge is -2.28. The van der Waals surface area contributed by atoms with Gasteiger partial charge in [-0.05, 0) is 61.1 Å². The summed E-state index contributed by atoms with van der Waals surface area (Å²) in [4.78, 5) is 13.2. The predicted molar refractivity (Wildman–Crippen MR) is 128 cm³/mol. The van der Waals surface area contributed by atoms with E-state index < -0.39 is 6.10 Å². The van der Waals surface area contributed by atoms with Crippen molar-refractivity contribution < 1.29 is 19.4 Å². The molecule has 0 saturated carbocycles. The topological polar surface area (TPSA) is 93.6 Å². The highest BCUT2D eigenvalue weighted by atomic mass is 16.5. The Balaban J connectivity index is 1.40. The number of hydrogen-bond donors (Lipinski definition) is 2. The number of hydrogen-bond acceptors (Lipinski definition) is 6. The quantitative estimate of drug-likeness (QED) is 0.609. The van der Waals surface area contributed by atoms with Gasteiger partial charge in [-0.3, -0.25) is 4.79 Å². The van der Waals surface area contributed by atoms with Crippen molar-refractivity contribution >= 4 is 5.91 Å². The van der Waals surface area contributed by atoms with Gasteiger partial charge in [0.15, 0.2) is 0 Å². The number of nitrogens with one attached hydrogen (secondary N) is 1. The molecule has 0 radical (unpaired) electrons. The van der Waals surface area contributed by atoms with E-state index in [1.54, 1.807) is 6.20 Å². The fourth-order valence-corrected chi connectivity index (χ4v) is 4.75. The van der Waals surface area contributed by atoms with E-state index in [1.807, 2.05) is 19.1 Å². The molecule has 1 fully saturated rings. The summed E-state index contributed by atoms with van der Waals surface area (Å²) in [6.07, 6.45) is 3.17. The van der Waals surface area contributed by atoms with Crippen molar-refractivity contribution in [2.24, 2.45) is 0 Å². The minimum absolute atomic E-state index is 0.207. The molecule has 0 aliphatic carbocycles. The van der Waals surface area contributed by atoms with Crippen LogP contribution in [0.2, 0.25) is 0 Å². The Hall–Kier alpha value is -3.29. The number of benzene rings is 2. The first-order chi connectivity index (χ1) is 16.5. The zero-order valence-electron chi connectivity index (χ0n) is 19.5. The zero-order chi connectivity index (χ0) is 23.7. The molecule has 2 N–H and O–H groups in total. The highest BCUT2D eigenvalue weighted by Crippen LogP contribution is 2.35.